The second-order valence-corrected chi connectivity index (χ2v) is 7.47. The number of esters is 1. The van der Waals surface area contributed by atoms with Crippen molar-refractivity contribution in [3.8, 4) is 0 Å². The first-order valence-corrected chi connectivity index (χ1v) is 9.69. The van der Waals surface area contributed by atoms with Crippen molar-refractivity contribution in [2.75, 3.05) is 50.7 Å². The number of quaternary nitrogens is 1. The molecule has 2 heterocycles. The van der Waals surface area contributed by atoms with E-state index in [4.69, 9.17) is 16.3 Å². The highest BCUT2D eigenvalue weighted by atomic mass is 35.5. The highest BCUT2D eigenvalue weighted by Gasteiger charge is 2.29. The number of para-hydroxylation sites is 1. The fraction of sp³-hybridized carbons (Fsp3) is 0.579. The first-order valence-electron chi connectivity index (χ1n) is 9.31. The molecule has 2 aliphatic heterocycles. The van der Waals surface area contributed by atoms with Crippen LogP contribution in [0.1, 0.15) is 19.8 Å². The monoisotopic (exact) mass is 415 g/mol. The summed E-state index contributed by atoms with van der Waals surface area (Å²) in [5.41, 5.74) is 1.08. The SMILES string of the molecule is CC(=O)OC(CN1CCCC1=O)C[NH+]1CCN(c2ccccc2Cl)CC1.[Cl-]. The lowest BCUT2D eigenvalue weighted by Gasteiger charge is -2.35. The number of amides is 1. The molecule has 1 aromatic carbocycles. The molecule has 1 N–H and O–H groups in total. The maximum absolute atomic E-state index is 11.9. The zero-order chi connectivity index (χ0) is 18.5. The molecule has 1 amide bonds. The van der Waals surface area contributed by atoms with Crippen LogP contribution < -0.4 is 22.2 Å². The van der Waals surface area contributed by atoms with Crippen LogP contribution in [0.5, 0.6) is 0 Å². The molecule has 1 aromatic rings. The van der Waals surface area contributed by atoms with Gasteiger partial charge in [0.05, 0.1) is 43.4 Å². The summed E-state index contributed by atoms with van der Waals surface area (Å²) in [5, 5.41) is 0.779. The minimum Gasteiger partial charge on any atom is -1.00 e. The second-order valence-electron chi connectivity index (χ2n) is 7.07. The van der Waals surface area contributed by atoms with Crippen LogP contribution in [0.15, 0.2) is 24.3 Å². The third kappa shape index (κ3) is 5.99. The molecule has 150 valence electrons. The van der Waals surface area contributed by atoms with Gasteiger partial charge in [-0.3, -0.25) is 9.59 Å². The number of hydrogen-bond acceptors (Lipinski definition) is 4. The fourth-order valence-electron chi connectivity index (χ4n) is 3.82. The predicted octanol–water partition coefficient (Wildman–Crippen LogP) is -2.40. The lowest BCUT2D eigenvalue weighted by atomic mass is 10.2. The van der Waals surface area contributed by atoms with Crippen LogP contribution in [0.25, 0.3) is 0 Å². The highest BCUT2D eigenvalue weighted by molar-refractivity contribution is 6.33. The molecule has 6 nitrogen and oxygen atoms in total. The van der Waals surface area contributed by atoms with E-state index in [-0.39, 0.29) is 30.4 Å². The number of likely N-dealkylation sites (tertiary alicyclic amines) is 1. The average Bonchev–Trinajstić information content (AvgIpc) is 3.00. The zero-order valence-corrected chi connectivity index (χ0v) is 17.1. The molecule has 8 heteroatoms. The molecule has 0 aromatic heterocycles. The molecular weight excluding hydrogens is 389 g/mol. The fourth-order valence-corrected chi connectivity index (χ4v) is 4.07. The number of halogens is 2. The molecule has 1 atom stereocenters. The van der Waals surface area contributed by atoms with Crippen molar-refractivity contribution in [1.82, 2.24) is 4.90 Å². The van der Waals surface area contributed by atoms with Crippen molar-refractivity contribution >= 4 is 29.2 Å². The van der Waals surface area contributed by atoms with Gasteiger partial charge < -0.3 is 31.8 Å². The van der Waals surface area contributed by atoms with Crippen molar-refractivity contribution in [3.05, 3.63) is 29.3 Å². The van der Waals surface area contributed by atoms with Crippen LogP contribution in [-0.2, 0) is 14.3 Å². The van der Waals surface area contributed by atoms with Crippen molar-refractivity contribution in [1.29, 1.82) is 0 Å². The van der Waals surface area contributed by atoms with Gasteiger partial charge in [0.2, 0.25) is 5.91 Å². The van der Waals surface area contributed by atoms with Gasteiger partial charge in [0, 0.05) is 19.9 Å². The summed E-state index contributed by atoms with van der Waals surface area (Å²) in [6.45, 7) is 7.18. The minimum atomic E-state index is -0.282. The maximum atomic E-state index is 11.9. The van der Waals surface area contributed by atoms with E-state index in [1.54, 1.807) is 0 Å². The Morgan fingerprint density at radius 3 is 2.56 bits per heavy atom. The van der Waals surface area contributed by atoms with Gasteiger partial charge in [0.15, 0.2) is 6.10 Å². The standard InChI is InChI=1S/C19H26ClN3O3.ClH/c1-15(24)26-16(14-23-8-4-7-19(23)25)13-21-9-11-22(12-10-21)18-6-3-2-5-17(18)20;/h2-3,5-6,16H,4,7-14H2,1H3;1H. The smallest absolute Gasteiger partial charge is 0.303 e. The average molecular weight is 416 g/mol. The van der Waals surface area contributed by atoms with E-state index < -0.39 is 0 Å². The van der Waals surface area contributed by atoms with Crippen molar-refractivity contribution in [3.63, 3.8) is 0 Å². The third-order valence-corrected chi connectivity index (χ3v) is 5.43. The summed E-state index contributed by atoms with van der Waals surface area (Å²) < 4.78 is 5.51. The van der Waals surface area contributed by atoms with E-state index in [0.29, 0.717) is 13.0 Å². The Kier molecular flexibility index (Phi) is 8.20. The Bertz CT molecular complexity index is 651. The van der Waals surface area contributed by atoms with Gasteiger partial charge in [-0.2, -0.15) is 0 Å². The Balaban J connectivity index is 0.00000261. The van der Waals surface area contributed by atoms with Crippen LogP contribution in [-0.4, -0.2) is 68.7 Å². The zero-order valence-electron chi connectivity index (χ0n) is 15.6. The van der Waals surface area contributed by atoms with Crippen molar-refractivity contribution in [2.45, 2.75) is 25.9 Å². The Labute approximate surface area is 171 Å². The topological polar surface area (TPSA) is 54.3 Å². The number of rotatable bonds is 6. The number of anilines is 1. The first-order chi connectivity index (χ1) is 12.5. The van der Waals surface area contributed by atoms with Crippen molar-refractivity contribution in [2.24, 2.45) is 0 Å². The summed E-state index contributed by atoms with van der Waals surface area (Å²) >= 11 is 6.30. The van der Waals surface area contributed by atoms with E-state index in [9.17, 15) is 9.59 Å². The molecule has 2 saturated heterocycles. The van der Waals surface area contributed by atoms with Gasteiger partial charge in [-0.25, -0.2) is 0 Å². The van der Waals surface area contributed by atoms with E-state index >= 15 is 0 Å². The van der Waals surface area contributed by atoms with E-state index in [1.807, 2.05) is 29.2 Å². The second kappa shape index (κ2) is 10.2. The third-order valence-electron chi connectivity index (χ3n) is 5.11. The lowest BCUT2D eigenvalue weighted by molar-refractivity contribution is -0.903. The van der Waals surface area contributed by atoms with E-state index in [1.165, 1.54) is 11.8 Å². The van der Waals surface area contributed by atoms with Crippen LogP contribution in [0, 0.1) is 0 Å². The van der Waals surface area contributed by atoms with E-state index in [2.05, 4.69) is 4.90 Å². The van der Waals surface area contributed by atoms with Crippen LogP contribution >= 0.6 is 11.6 Å². The van der Waals surface area contributed by atoms with Gasteiger partial charge in [-0.1, -0.05) is 23.7 Å². The molecule has 3 rings (SSSR count). The minimum absolute atomic E-state index is 0. The van der Waals surface area contributed by atoms with Crippen molar-refractivity contribution < 1.29 is 31.6 Å². The first kappa shape index (κ1) is 21.8. The molecule has 27 heavy (non-hydrogen) atoms. The Morgan fingerprint density at radius 2 is 1.96 bits per heavy atom. The largest absolute Gasteiger partial charge is 1.00 e. The highest BCUT2D eigenvalue weighted by Crippen LogP contribution is 2.24. The number of hydrogen-bond donors (Lipinski definition) is 1. The molecule has 2 fully saturated rings. The summed E-state index contributed by atoms with van der Waals surface area (Å²) in [6.07, 6.45) is 1.27. The van der Waals surface area contributed by atoms with E-state index in [0.717, 1.165) is 56.4 Å². The van der Waals surface area contributed by atoms with Gasteiger partial charge in [0.25, 0.3) is 0 Å². The van der Waals surface area contributed by atoms with Gasteiger partial charge in [-0.15, -0.1) is 0 Å². The molecular formula is C19H27Cl2N3O3. The number of carbonyl (C=O) groups is 2. The Hall–Kier alpha value is -1.50. The number of carbonyl (C=O) groups excluding carboxylic acids is 2. The number of ether oxygens (including phenoxy) is 1. The molecule has 0 radical (unpaired) electrons. The summed E-state index contributed by atoms with van der Waals surface area (Å²) in [4.78, 5) is 28.9. The lowest BCUT2D eigenvalue weighted by Crippen LogP contribution is -3.16. The molecule has 1 unspecified atom stereocenters. The summed E-state index contributed by atoms with van der Waals surface area (Å²) in [7, 11) is 0. The van der Waals surface area contributed by atoms with Crippen LogP contribution in [0.4, 0.5) is 5.69 Å². The molecule has 0 spiro atoms. The number of piperazine rings is 1. The maximum Gasteiger partial charge on any atom is 0.303 e. The number of benzene rings is 1. The molecule has 0 saturated carbocycles. The number of nitrogens with one attached hydrogen (secondary N) is 1. The summed E-state index contributed by atoms with van der Waals surface area (Å²) in [6, 6.07) is 7.91. The quantitative estimate of drug-likeness (QED) is 0.526. The molecule has 0 bridgehead atoms. The predicted molar refractivity (Wildman–Crippen MR) is 101 cm³/mol. The molecule has 2 aliphatic rings. The Morgan fingerprint density at radius 1 is 1.26 bits per heavy atom. The van der Waals surface area contributed by atoms with Crippen LogP contribution in [0.3, 0.4) is 0 Å². The number of nitrogens with zero attached hydrogens (tertiary/aromatic N) is 2. The van der Waals surface area contributed by atoms with Crippen LogP contribution in [0.2, 0.25) is 5.02 Å². The van der Waals surface area contributed by atoms with Gasteiger partial charge in [0.1, 0.15) is 6.54 Å². The molecule has 0 aliphatic carbocycles. The summed E-state index contributed by atoms with van der Waals surface area (Å²) in [5.74, 6) is -0.114. The van der Waals surface area contributed by atoms with Gasteiger partial charge >= 0.3 is 5.97 Å². The van der Waals surface area contributed by atoms with Gasteiger partial charge in [-0.05, 0) is 18.6 Å². The normalized spacial score (nSPS) is 19.0.